The summed E-state index contributed by atoms with van der Waals surface area (Å²) in [6.07, 6.45) is 2.77. The van der Waals surface area contributed by atoms with Crippen LogP contribution in [0.25, 0.3) is 0 Å². The van der Waals surface area contributed by atoms with Crippen molar-refractivity contribution in [3.8, 4) is 0 Å². The molecule has 0 aliphatic carbocycles. The third kappa shape index (κ3) is 4.38. The molecule has 1 heterocycles. The predicted molar refractivity (Wildman–Crippen MR) is 56.7 cm³/mol. The molecule has 3 heteroatoms. The molecular weight excluding hydrogens is 222 g/mol. The van der Waals surface area contributed by atoms with Gasteiger partial charge in [-0.15, -0.1) is 0 Å². The van der Waals surface area contributed by atoms with Gasteiger partial charge in [0.2, 0.25) is 0 Å². The number of hydrogen-bond donors (Lipinski definition) is 1. The van der Waals surface area contributed by atoms with Gasteiger partial charge in [0.15, 0.2) is 0 Å². The van der Waals surface area contributed by atoms with Crippen LogP contribution in [0, 0.1) is 5.92 Å². The first-order valence-electron chi connectivity index (χ1n) is 4.28. The van der Waals surface area contributed by atoms with Gasteiger partial charge in [-0.25, -0.2) is 0 Å². The van der Waals surface area contributed by atoms with E-state index in [1.54, 1.807) is 0 Å². The minimum atomic E-state index is 0.986. The van der Waals surface area contributed by atoms with Crippen molar-refractivity contribution in [1.29, 1.82) is 0 Å². The summed E-state index contributed by atoms with van der Waals surface area (Å²) in [6.45, 7) is 2.47. The molecule has 1 saturated heterocycles. The molecule has 0 amide bonds. The first-order valence-corrected chi connectivity index (χ1v) is 6.55. The van der Waals surface area contributed by atoms with Gasteiger partial charge in [-0.2, -0.15) is 11.8 Å². The van der Waals surface area contributed by atoms with Crippen LogP contribution in [-0.2, 0) is 0 Å². The molecule has 0 aromatic heterocycles. The van der Waals surface area contributed by atoms with E-state index in [2.05, 4.69) is 33.0 Å². The number of piperidine rings is 1. The maximum Gasteiger partial charge on any atom is 0.0122 e. The minimum absolute atomic E-state index is 0.986. The van der Waals surface area contributed by atoms with Crippen molar-refractivity contribution in [2.45, 2.75) is 12.8 Å². The van der Waals surface area contributed by atoms with Crippen LogP contribution in [0.3, 0.4) is 0 Å². The van der Waals surface area contributed by atoms with E-state index in [0.717, 1.165) is 11.2 Å². The molecular formula is C8H16BrNS. The van der Waals surface area contributed by atoms with Gasteiger partial charge in [0.25, 0.3) is 0 Å². The zero-order valence-corrected chi connectivity index (χ0v) is 9.22. The van der Waals surface area contributed by atoms with E-state index >= 15 is 0 Å². The van der Waals surface area contributed by atoms with E-state index in [-0.39, 0.29) is 0 Å². The van der Waals surface area contributed by atoms with Crippen molar-refractivity contribution in [2.24, 2.45) is 5.92 Å². The summed E-state index contributed by atoms with van der Waals surface area (Å²) in [5, 5.41) is 4.53. The highest BCUT2D eigenvalue weighted by molar-refractivity contribution is 9.09. The van der Waals surface area contributed by atoms with Crippen molar-refractivity contribution in [3.05, 3.63) is 0 Å². The highest BCUT2D eigenvalue weighted by Crippen LogP contribution is 2.17. The molecule has 1 aliphatic heterocycles. The maximum atomic E-state index is 3.44. The number of hydrogen-bond acceptors (Lipinski definition) is 2. The zero-order valence-electron chi connectivity index (χ0n) is 6.81. The molecule has 0 unspecified atom stereocenters. The summed E-state index contributed by atoms with van der Waals surface area (Å²) in [5.41, 5.74) is 0. The maximum absolute atomic E-state index is 3.44. The number of halogens is 1. The Bertz CT molecular complexity index is 94.1. The smallest absolute Gasteiger partial charge is 0.0122 e. The van der Waals surface area contributed by atoms with Crippen molar-refractivity contribution < 1.29 is 0 Å². The molecule has 0 atom stereocenters. The molecule has 0 spiro atoms. The van der Waals surface area contributed by atoms with Crippen LogP contribution in [0.5, 0.6) is 0 Å². The van der Waals surface area contributed by atoms with Gasteiger partial charge in [0.05, 0.1) is 0 Å². The predicted octanol–water partition coefficient (Wildman–Crippen LogP) is 2.11. The molecule has 0 radical (unpaired) electrons. The van der Waals surface area contributed by atoms with Crippen LogP contribution in [0.15, 0.2) is 0 Å². The van der Waals surface area contributed by atoms with Crippen LogP contribution in [-0.4, -0.2) is 29.9 Å². The summed E-state index contributed by atoms with van der Waals surface area (Å²) in [7, 11) is 0. The molecule has 0 aromatic rings. The molecule has 0 bridgehead atoms. The summed E-state index contributed by atoms with van der Waals surface area (Å²) in [6, 6.07) is 0. The lowest BCUT2D eigenvalue weighted by atomic mass is 10.0. The monoisotopic (exact) mass is 237 g/mol. The summed E-state index contributed by atoms with van der Waals surface area (Å²) in [4.78, 5) is 0. The minimum Gasteiger partial charge on any atom is -0.317 e. The molecule has 0 saturated carbocycles. The molecule has 1 nitrogen and oxygen atoms in total. The molecule has 11 heavy (non-hydrogen) atoms. The standard InChI is InChI=1S/C8H16BrNS/c9-3-6-11-7-8-1-4-10-5-2-8/h8,10H,1-7H2. The third-order valence-electron chi connectivity index (χ3n) is 2.03. The fraction of sp³-hybridized carbons (Fsp3) is 1.00. The first-order chi connectivity index (χ1) is 5.43. The summed E-state index contributed by atoms with van der Waals surface area (Å²) >= 11 is 5.53. The topological polar surface area (TPSA) is 12.0 Å². The second kappa shape index (κ2) is 6.32. The van der Waals surface area contributed by atoms with Gasteiger partial charge < -0.3 is 5.32 Å². The van der Waals surface area contributed by atoms with E-state index in [4.69, 9.17) is 0 Å². The van der Waals surface area contributed by atoms with E-state index in [1.165, 1.54) is 37.4 Å². The highest BCUT2D eigenvalue weighted by atomic mass is 79.9. The third-order valence-corrected chi connectivity index (χ3v) is 4.16. The lowest BCUT2D eigenvalue weighted by Gasteiger charge is -2.21. The Morgan fingerprint density at radius 1 is 1.36 bits per heavy atom. The lowest BCUT2D eigenvalue weighted by Crippen LogP contribution is -2.28. The Kier molecular flexibility index (Phi) is 5.68. The molecule has 1 rings (SSSR count). The van der Waals surface area contributed by atoms with Crippen molar-refractivity contribution in [2.75, 3.05) is 29.9 Å². The Morgan fingerprint density at radius 3 is 2.73 bits per heavy atom. The molecule has 1 N–H and O–H groups in total. The van der Waals surface area contributed by atoms with Crippen LogP contribution in [0.1, 0.15) is 12.8 Å². The van der Waals surface area contributed by atoms with Crippen LogP contribution < -0.4 is 5.32 Å². The quantitative estimate of drug-likeness (QED) is 0.594. The van der Waals surface area contributed by atoms with Gasteiger partial charge in [0.1, 0.15) is 0 Å². The molecule has 1 fully saturated rings. The summed E-state index contributed by atoms with van der Waals surface area (Å²) < 4.78 is 0. The van der Waals surface area contributed by atoms with E-state index in [9.17, 15) is 0 Å². The van der Waals surface area contributed by atoms with E-state index < -0.39 is 0 Å². The van der Waals surface area contributed by atoms with Crippen molar-refractivity contribution in [3.63, 3.8) is 0 Å². The van der Waals surface area contributed by atoms with E-state index in [1.807, 2.05) is 0 Å². The first kappa shape index (κ1) is 9.87. The number of rotatable bonds is 4. The Hall–Kier alpha value is 0.790. The zero-order chi connectivity index (χ0) is 7.94. The lowest BCUT2D eigenvalue weighted by molar-refractivity contribution is 0.408. The Morgan fingerprint density at radius 2 is 2.09 bits per heavy atom. The second-order valence-corrected chi connectivity index (χ2v) is 4.90. The number of nitrogens with one attached hydrogen (secondary N) is 1. The average molecular weight is 238 g/mol. The fourth-order valence-electron chi connectivity index (χ4n) is 1.35. The van der Waals surface area contributed by atoms with E-state index in [0.29, 0.717) is 0 Å². The van der Waals surface area contributed by atoms with Gasteiger partial charge >= 0.3 is 0 Å². The normalized spacial score (nSPS) is 20.5. The van der Waals surface area contributed by atoms with Crippen LogP contribution >= 0.6 is 27.7 Å². The van der Waals surface area contributed by atoms with Gasteiger partial charge in [0, 0.05) is 11.1 Å². The van der Waals surface area contributed by atoms with Crippen molar-refractivity contribution in [1.82, 2.24) is 5.32 Å². The summed E-state index contributed by atoms with van der Waals surface area (Å²) in [5.74, 6) is 3.62. The number of alkyl halides is 1. The van der Waals surface area contributed by atoms with Crippen LogP contribution in [0.4, 0.5) is 0 Å². The Labute approximate surface area is 81.8 Å². The van der Waals surface area contributed by atoms with Crippen molar-refractivity contribution >= 4 is 27.7 Å². The van der Waals surface area contributed by atoms with Crippen LogP contribution in [0.2, 0.25) is 0 Å². The average Bonchev–Trinajstić information content (AvgIpc) is 2.07. The molecule has 66 valence electrons. The van der Waals surface area contributed by atoms with Gasteiger partial charge in [-0.1, -0.05) is 15.9 Å². The highest BCUT2D eigenvalue weighted by Gasteiger charge is 2.11. The van der Waals surface area contributed by atoms with Gasteiger partial charge in [-0.3, -0.25) is 0 Å². The number of thioether (sulfide) groups is 1. The fourth-order valence-corrected chi connectivity index (χ4v) is 2.98. The molecule has 1 aliphatic rings. The molecule has 0 aromatic carbocycles. The largest absolute Gasteiger partial charge is 0.317 e. The second-order valence-electron chi connectivity index (χ2n) is 2.96. The van der Waals surface area contributed by atoms with Gasteiger partial charge in [-0.05, 0) is 37.6 Å². The Balaban J connectivity index is 1.96. The SMILES string of the molecule is BrCCSCC1CCNCC1.